The maximum absolute atomic E-state index is 13.6. The smallest absolute Gasteiger partial charge is 0.306 e. The van der Waals surface area contributed by atoms with Crippen LogP contribution in [0.5, 0.6) is 0 Å². The van der Waals surface area contributed by atoms with Crippen molar-refractivity contribution >= 4 is 33.2 Å². The lowest BCUT2D eigenvalue weighted by Gasteiger charge is -2.35. The summed E-state index contributed by atoms with van der Waals surface area (Å²) < 4.78 is 40.5. The molecular weight excluding hydrogens is 455 g/mol. The van der Waals surface area contributed by atoms with Gasteiger partial charge in [0.2, 0.25) is 27.7 Å². The topological polar surface area (TPSA) is 121 Å². The van der Waals surface area contributed by atoms with E-state index in [9.17, 15) is 32.5 Å². The number of piperazine rings is 1. The Morgan fingerprint density at radius 3 is 2.36 bits per heavy atom. The van der Waals surface area contributed by atoms with Gasteiger partial charge < -0.3 is 9.80 Å². The molecule has 2 aromatic carbocycles. The van der Waals surface area contributed by atoms with Crippen LogP contribution in [-0.2, 0) is 19.6 Å². The molecule has 0 aliphatic carbocycles. The summed E-state index contributed by atoms with van der Waals surface area (Å²) in [4.78, 5) is 38.6. The molecule has 0 bridgehead atoms. The molecular formula is C21H21FN4O6S. The van der Waals surface area contributed by atoms with Gasteiger partial charge in [-0.05, 0) is 24.3 Å². The van der Waals surface area contributed by atoms with Crippen LogP contribution in [0.1, 0.15) is 6.42 Å². The van der Waals surface area contributed by atoms with Crippen molar-refractivity contribution in [2.24, 2.45) is 5.92 Å². The van der Waals surface area contributed by atoms with Gasteiger partial charge in [-0.3, -0.25) is 19.7 Å². The Labute approximate surface area is 189 Å². The van der Waals surface area contributed by atoms with Crippen molar-refractivity contribution in [3.63, 3.8) is 0 Å². The molecule has 1 unspecified atom stereocenters. The van der Waals surface area contributed by atoms with Crippen LogP contribution in [0.3, 0.4) is 0 Å². The first kappa shape index (κ1) is 22.8. The summed E-state index contributed by atoms with van der Waals surface area (Å²) in [7, 11) is -3.65. The van der Waals surface area contributed by atoms with Gasteiger partial charge in [-0.1, -0.05) is 18.2 Å². The molecule has 2 aliphatic heterocycles. The van der Waals surface area contributed by atoms with Crippen molar-refractivity contribution in [2.45, 2.75) is 11.3 Å². The number of hydrogen-bond acceptors (Lipinski definition) is 6. The summed E-state index contributed by atoms with van der Waals surface area (Å²) in [6, 6.07) is 11.2. The average Bonchev–Trinajstić information content (AvgIpc) is 3.21. The standard InChI is InChI=1S/C21H21FN4O6S/c22-18-7-6-16(13-19(18)26(29)30)25-14-15(12-20(25)27)21(28)23-8-10-24(11-9-23)33(31,32)17-4-2-1-3-5-17/h1-7,13,15H,8-12,14H2. The summed E-state index contributed by atoms with van der Waals surface area (Å²) >= 11 is 0. The largest absolute Gasteiger partial charge is 0.340 e. The zero-order chi connectivity index (χ0) is 23.8. The van der Waals surface area contributed by atoms with Crippen LogP contribution >= 0.6 is 0 Å². The maximum Gasteiger partial charge on any atom is 0.306 e. The van der Waals surface area contributed by atoms with Gasteiger partial charge in [0, 0.05) is 45.2 Å². The quantitative estimate of drug-likeness (QED) is 0.478. The van der Waals surface area contributed by atoms with Crippen molar-refractivity contribution in [1.29, 1.82) is 0 Å². The minimum absolute atomic E-state index is 0.0168. The van der Waals surface area contributed by atoms with E-state index in [4.69, 9.17) is 0 Å². The molecule has 174 valence electrons. The molecule has 0 spiro atoms. The predicted octanol–water partition coefficient (Wildman–Crippen LogP) is 1.62. The maximum atomic E-state index is 13.6. The highest BCUT2D eigenvalue weighted by atomic mass is 32.2. The highest BCUT2D eigenvalue weighted by molar-refractivity contribution is 7.89. The van der Waals surface area contributed by atoms with Crippen molar-refractivity contribution in [3.05, 3.63) is 64.5 Å². The minimum atomic E-state index is -3.65. The lowest BCUT2D eigenvalue weighted by Crippen LogP contribution is -2.52. The molecule has 0 N–H and O–H groups in total. The van der Waals surface area contributed by atoms with E-state index in [0.717, 1.165) is 12.1 Å². The fourth-order valence-electron chi connectivity index (χ4n) is 4.08. The van der Waals surface area contributed by atoms with E-state index >= 15 is 0 Å². The number of nitro benzene ring substituents is 1. The number of nitro groups is 1. The molecule has 2 amide bonds. The molecule has 2 heterocycles. The number of carbonyl (C=O) groups is 2. The average molecular weight is 476 g/mol. The molecule has 2 aromatic rings. The van der Waals surface area contributed by atoms with Crippen LogP contribution in [0.25, 0.3) is 0 Å². The van der Waals surface area contributed by atoms with E-state index < -0.39 is 32.4 Å². The Kier molecular flexibility index (Phi) is 6.13. The van der Waals surface area contributed by atoms with E-state index in [1.54, 1.807) is 18.2 Å². The van der Waals surface area contributed by atoms with Crippen molar-refractivity contribution < 1.29 is 27.3 Å². The monoisotopic (exact) mass is 476 g/mol. The fraction of sp³-hybridized carbons (Fsp3) is 0.333. The predicted molar refractivity (Wildman–Crippen MR) is 115 cm³/mol. The number of benzene rings is 2. The van der Waals surface area contributed by atoms with Gasteiger partial charge in [0.15, 0.2) is 0 Å². The molecule has 0 radical (unpaired) electrons. The van der Waals surface area contributed by atoms with Gasteiger partial charge >= 0.3 is 5.69 Å². The summed E-state index contributed by atoms with van der Waals surface area (Å²) in [5.74, 6) is -2.34. The van der Waals surface area contributed by atoms with Gasteiger partial charge in [-0.2, -0.15) is 8.70 Å². The molecule has 2 fully saturated rings. The number of carbonyl (C=O) groups excluding carboxylic acids is 2. The second-order valence-corrected chi connectivity index (χ2v) is 9.78. The van der Waals surface area contributed by atoms with Gasteiger partial charge in [-0.25, -0.2) is 8.42 Å². The lowest BCUT2D eigenvalue weighted by molar-refractivity contribution is -0.387. The van der Waals surface area contributed by atoms with Crippen LogP contribution in [0, 0.1) is 21.8 Å². The first-order chi connectivity index (χ1) is 15.7. The fourth-order valence-corrected chi connectivity index (χ4v) is 5.52. The Morgan fingerprint density at radius 2 is 1.73 bits per heavy atom. The second-order valence-electron chi connectivity index (χ2n) is 7.84. The summed E-state index contributed by atoms with van der Waals surface area (Å²) in [6.45, 7) is 0.674. The first-order valence-electron chi connectivity index (χ1n) is 10.3. The number of hydrogen-bond donors (Lipinski definition) is 0. The van der Waals surface area contributed by atoms with Gasteiger partial charge in [0.1, 0.15) is 0 Å². The van der Waals surface area contributed by atoms with Crippen LogP contribution < -0.4 is 4.90 Å². The molecule has 33 heavy (non-hydrogen) atoms. The third kappa shape index (κ3) is 4.44. The van der Waals surface area contributed by atoms with Crippen LogP contribution in [0.4, 0.5) is 15.8 Å². The van der Waals surface area contributed by atoms with Gasteiger partial charge in [0.25, 0.3) is 0 Å². The number of anilines is 1. The zero-order valence-electron chi connectivity index (χ0n) is 17.5. The molecule has 0 aromatic heterocycles. The van der Waals surface area contributed by atoms with Crippen molar-refractivity contribution in [1.82, 2.24) is 9.21 Å². The Morgan fingerprint density at radius 1 is 1.06 bits per heavy atom. The van der Waals surface area contributed by atoms with Crippen LogP contribution in [0.2, 0.25) is 0 Å². The Bertz CT molecular complexity index is 1200. The van der Waals surface area contributed by atoms with Gasteiger partial charge in [0.05, 0.1) is 21.4 Å². The van der Waals surface area contributed by atoms with E-state index in [1.165, 1.54) is 32.3 Å². The summed E-state index contributed by atoms with van der Waals surface area (Å²) in [6.07, 6.45) is -0.0768. The number of rotatable bonds is 5. The molecule has 2 aliphatic rings. The molecule has 10 nitrogen and oxygen atoms in total. The Balaban J connectivity index is 1.41. The molecule has 12 heteroatoms. The number of halogens is 1. The number of amides is 2. The normalized spacial score (nSPS) is 19.7. The third-order valence-electron chi connectivity index (χ3n) is 5.84. The minimum Gasteiger partial charge on any atom is -0.340 e. The van der Waals surface area contributed by atoms with Gasteiger partial charge in [-0.15, -0.1) is 0 Å². The van der Waals surface area contributed by atoms with E-state index in [1.807, 2.05) is 0 Å². The summed E-state index contributed by atoms with van der Waals surface area (Å²) in [5.41, 5.74) is -0.590. The number of nitrogens with zero attached hydrogens (tertiary/aromatic N) is 4. The van der Waals surface area contributed by atoms with Crippen LogP contribution in [-0.4, -0.2) is 67.1 Å². The van der Waals surface area contributed by atoms with Crippen molar-refractivity contribution in [3.8, 4) is 0 Å². The van der Waals surface area contributed by atoms with E-state index in [2.05, 4.69) is 0 Å². The molecule has 2 saturated heterocycles. The van der Waals surface area contributed by atoms with Crippen molar-refractivity contribution in [2.75, 3.05) is 37.6 Å². The van der Waals surface area contributed by atoms with Crippen LogP contribution in [0.15, 0.2) is 53.4 Å². The molecule has 0 saturated carbocycles. The van der Waals surface area contributed by atoms with E-state index in [-0.39, 0.29) is 61.5 Å². The molecule has 1 atom stereocenters. The Hall–Kier alpha value is -3.38. The SMILES string of the molecule is O=C(C1CC(=O)N(c2ccc(F)c([N+](=O)[O-])c2)C1)N1CCN(S(=O)(=O)c2ccccc2)CC1. The second kappa shape index (κ2) is 8.87. The number of sulfonamides is 1. The van der Waals surface area contributed by atoms with E-state index in [0.29, 0.717) is 0 Å². The first-order valence-corrected chi connectivity index (χ1v) is 11.7. The lowest BCUT2D eigenvalue weighted by atomic mass is 10.1. The highest BCUT2D eigenvalue weighted by Crippen LogP contribution is 2.30. The summed E-state index contributed by atoms with van der Waals surface area (Å²) in [5, 5.41) is 11.0. The highest BCUT2D eigenvalue weighted by Gasteiger charge is 2.39. The molecule has 4 rings (SSSR count). The zero-order valence-corrected chi connectivity index (χ0v) is 18.3. The third-order valence-corrected chi connectivity index (χ3v) is 7.76.